The smallest absolute Gasteiger partial charge is 0.255 e. The van der Waals surface area contributed by atoms with Crippen LogP contribution in [0.15, 0.2) is 54.6 Å². The van der Waals surface area contributed by atoms with Gasteiger partial charge in [-0.2, -0.15) is 0 Å². The van der Waals surface area contributed by atoms with Gasteiger partial charge in [0.05, 0.1) is 10.6 Å². The third-order valence-electron chi connectivity index (χ3n) is 6.58. The van der Waals surface area contributed by atoms with Gasteiger partial charge in [0.1, 0.15) is 0 Å². The third kappa shape index (κ3) is 5.46. The molecule has 2 saturated heterocycles. The van der Waals surface area contributed by atoms with Gasteiger partial charge < -0.3 is 15.1 Å². The molecule has 2 aliphatic heterocycles. The van der Waals surface area contributed by atoms with Gasteiger partial charge in [0.2, 0.25) is 5.91 Å². The Labute approximate surface area is 189 Å². The van der Waals surface area contributed by atoms with Crippen LogP contribution in [0.5, 0.6) is 0 Å². The Morgan fingerprint density at radius 1 is 0.871 bits per heavy atom. The summed E-state index contributed by atoms with van der Waals surface area (Å²) >= 11 is 6.20. The number of carbonyl (C=O) groups is 2. The van der Waals surface area contributed by atoms with Crippen LogP contribution >= 0.6 is 11.6 Å². The number of nitrogens with one attached hydrogen (secondary N) is 1. The first kappa shape index (κ1) is 21.8. The molecule has 2 heterocycles. The Bertz CT molecular complexity index is 889. The highest BCUT2D eigenvalue weighted by Crippen LogP contribution is 2.26. The summed E-state index contributed by atoms with van der Waals surface area (Å²) in [5.74, 6) is 0.295. The highest BCUT2D eigenvalue weighted by Gasteiger charge is 2.32. The predicted octanol–water partition coefficient (Wildman–Crippen LogP) is 3.97. The number of hydrogen-bond acceptors (Lipinski definition) is 3. The van der Waals surface area contributed by atoms with E-state index in [1.54, 1.807) is 12.1 Å². The maximum Gasteiger partial charge on any atom is 0.255 e. The van der Waals surface area contributed by atoms with Gasteiger partial charge in [-0.05, 0) is 56.5 Å². The number of carbonyl (C=O) groups excluding carboxylic acids is 2. The second-order valence-corrected chi connectivity index (χ2v) is 8.92. The fraction of sp³-hybridized carbons (Fsp3) is 0.440. The van der Waals surface area contributed by atoms with Gasteiger partial charge in [-0.1, -0.05) is 54.1 Å². The zero-order valence-electron chi connectivity index (χ0n) is 17.8. The quantitative estimate of drug-likeness (QED) is 0.766. The second kappa shape index (κ2) is 10.3. The highest BCUT2D eigenvalue weighted by molar-refractivity contribution is 6.33. The lowest BCUT2D eigenvalue weighted by atomic mass is 9.92. The van der Waals surface area contributed by atoms with Gasteiger partial charge in [-0.15, -0.1) is 0 Å². The Balaban J connectivity index is 1.21. The van der Waals surface area contributed by atoms with Crippen molar-refractivity contribution in [2.24, 2.45) is 5.92 Å². The summed E-state index contributed by atoms with van der Waals surface area (Å²) in [7, 11) is 0. The SMILES string of the molecule is O=C(NCc1ccccc1)C1CCN(C2CCN(C(=O)c3ccccc3Cl)CC2)CC1. The van der Waals surface area contributed by atoms with Crippen LogP contribution < -0.4 is 5.32 Å². The van der Waals surface area contributed by atoms with E-state index in [1.165, 1.54) is 0 Å². The first-order chi connectivity index (χ1) is 15.1. The Morgan fingerprint density at radius 3 is 2.19 bits per heavy atom. The molecule has 2 amide bonds. The van der Waals surface area contributed by atoms with Gasteiger partial charge >= 0.3 is 0 Å². The van der Waals surface area contributed by atoms with Crippen LogP contribution in [0.2, 0.25) is 5.02 Å². The van der Waals surface area contributed by atoms with Crippen LogP contribution in [0.25, 0.3) is 0 Å². The average Bonchev–Trinajstić information content (AvgIpc) is 2.83. The Hall–Kier alpha value is -2.37. The number of amides is 2. The molecule has 0 radical (unpaired) electrons. The minimum Gasteiger partial charge on any atom is -0.352 e. The van der Waals surface area contributed by atoms with Crippen molar-refractivity contribution in [2.45, 2.75) is 38.3 Å². The number of rotatable bonds is 5. The maximum absolute atomic E-state index is 12.8. The van der Waals surface area contributed by atoms with Crippen LogP contribution in [0.1, 0.15) is 41.6 Å². The molecule has 31 heavy (non-hydrogen) atoms. The summed E-state index contributed by atoms with van der Waals surface area (Å²) in [5.41, 5.74) is 1.72. The second-order valence-electron chi connectivity index (χ2n) is 8.52. The van der Waals surface area contributed by atoms with Crippen molar-refractivity contribution in [3.05, 3.63) is 70.7 Å². The number of halogens is 1. The van der Waals surface area contributed by atoms with E-state index in [-0.39, 0.29) is 17.7 Å². The van der Waals surface area contributed by atoms with E-state index < -0.39 is 0 Å². The normalized spacial score (nSPS) is 18.7. The molecule has 0 aliphatic carbocycles. The largest absolute Gasteiger partial charge is 0.352 e. The van der Waals surface area contributed by atoms with E-state index in [9.17, 15) is 9.59 Å². The minimum absolute atomic E-state index is 0.0258. The van der Waals surface area contributed by atoms with Crippen molar-refractivity contribution in [1.29, 1.82) is 0 Å². The van der Waals surface area contributed by atoms with Crippen LogP contribution in [0.3, 0.4) is 0 Å². The molecule has 0 aromatic heterocycles. The van der Waals surface area contributed by atoms with Gasteiger partial charge in [0, 0.05) is 31.6 Å². The zero-order valence-corrected chi connectivity index (χ0v) is 18.6. The van der Waals surface area contributed by atoms with Gasteiger partial charge in [-0.25, -0.2) is 0 Å². The molecule has 2 aliphatic rings. The molecule has 2 fully saturated rings. The molecule has 1 N–H and O–H groups in total. The lowest BCUT2D eigenvalue weighted by Gasteiger charge is -2.41. The van der Waals surface area contributed by atoms with E-state index in [0.29, 0.717) is 23.2 Å². The van der Waals surface area contributed by atoms with E-state index in [4.69, 9.17) is 11.6 Å². The fourth-order valence-electron chi connectivity index (χ4n) is 4.70. The van der Waals surface area contributed by atoms with Crippen LogP contribution in [0.4, 0.5) is 0 Å². The molecule has 2 aromatic carbocycles. The fourth-order valence-corrected chi connectivity index (χ4v) is 4.91. The monoisotopic (exact) mass is 439 g/mol. The number of nitrogens with zero attached hydrogens (tertiary/aromatic N) is 2. The summed E-state index contributed by atoms with van der Waals surface area (Å²) in [6, 6.07) is 17.8. The van der Waals surface area contributed by atoms with Crippen molar-refractivity contribution in [1.82, 2.24) is 15.1 Å². The summed E-state index contributed by atoms with van der Waals surface area (Å²) in [6.07, 6.45) is 3.75. The van der Waals surface area contributed by atoms with Gasteiger partial charge in [-0.3, -0.25) is 9.59 Å². The van der Waals surface area contributed by atoms with Crippen LogP contribution in [-0.4, -0.2) is 53.8 Å². The molecule has 5 nitrogen and oxygen atoms in total. The Kier molecular flexibility index (Phi) is 7.25. The van der Waals surface area contributed by atoms with E-state index in [2.05, 4.69) is 10.2 Å². The van der Waals surface area contributed by atoms with Crippen molar-refractivity contribution in [3.8, 4) is 0 Å². The van der Waals surface area contributed by atoms with Crippen molar-refractivity contribution in [2.75, 3.05) is 26.2 Å². The highest BCUT2D eigenvalue weighted by atomic mass is 35.5. The van der Waals surface area contributed by atoms with E-state index >= 15 is 0 Å². The first-order valence-corrected chi connectivity index (χ1v) is 11.6. The lowest BCUT2D eigenvalue weighted by molar-refractivity contribution is -0.126. The van der Waals surface area contributed by atoms with Crippen LogP contribution in [0, 0.1) is 5.92 Å². The van der Waals surface area contributed by atoms with Crippen molar-refractivity contribution < 1.29 is 9.59 Å². The first-order valence-electron chi connectivity index (χ1n) is 11.2. The van der Waals surface area contributed by atoms with Crippen molar-refractivity contribution in [3.63, 3.8) is 0 Å². The molecule has 0 spiro atoms. The summed E-state index contributed by atoms with van der Waals surface area (Å²) < 4.78 is 0. The molecule has 4 rings (SSSR count). The molecule has 0 atom stereocenters. The number of hydrogen-bond donors (Lipinski definition) is 1. The summed E-state index contributed by atoms with van der Waals surface area (Å²) in [5, 5.41) is 3.60. The Morgan fingerprint density at radius 2 is 1.52 bits per heavy atom. The standard InChI is InChI=1S/C25H30ClN3O2/c26-23-9-5-4-8-22(23)25(31)29-16-12-21(13-17-29)28-14-10-20(11-15-28)24(30)27-18-19-6-2-1-3-7-19/h1-9,20-21H,10-18H2,(H,27,30). The molecule has 0 bridgehead atoms. The molecule has 164 valence electrons. The average molecular weight is 440 g/mol. The van der Waals surface area contributed by atoms with Gasteiger partial charge in [0.15, 0.2) is 0 Å². The van der Waals surface area contributed by atoms with E-state index in [1.807, 2.05) is 47.4 Å². The number of piperidine rings is 2. The number of benzene rings is 2. The third-order valence-corrected chi connectivity index (χ3v) is 6.91. The zero-order chi connectivity index (χ0) is 21.6. The summed E-state index contributed by atoms with van der Waals surface area (Å²) in [4.78, 5) is 29.7. The minimum atomic E-state index is 0.0258. The molecule has 2 aromatic rings. The molecular formula is C25H30ClN3O2. The van der Waals surface area contributed by atoms with Crippen LogP contribution in [-0.2, 0) is 11.3 Å². The molecule has 0 saturated carbocycles. The predicted molar refractivity (Wildman–Crippen MR) is 123 cm³/mol. The topological polar surface area (TPSA) is 52.7 Å². The molecule has 6 heteroatoms. The lowest BCUT2D eigenvalue weighted by Crippen LogP contribution is -2.50. The van der Waals surface area contributed by atoms with Crippen molar-refractivity contribution >= 4 is 23.4 Å². The molecular weight excluding hydrogens is 410 g/mol. The maximum atomic E-state index is 12.8. The van der Waals surface area contributed by atoms with E-state index in [0.717, 1.165) is 57.4 Å². The molecule has 0 unspecified atom stereocenters. The summed E-state index contributed by atoms with van der Waals surface area (Å²) in [6.45, 7) is 4.01. The van der Waals surface area contributed by atoms with Gasteiger partial charge in [0.25, 0.3) is 5.91 Å². The number of likely N-dealkylation sites (tertiary alicyclic amines) is 2.